The first-order chi connectivity index (χ1) is 8.39. The van der Waals surface area contributed by atoms with Crippen LogP contribution in [0.25, 0.3) is 0 Å². The summed E-state index contributed by atoms with van der Waals surface area (Å²) >= 11 is 6.24. The largest absolute Gasteiger partial charge is 0.423 e. The first-order valence-corrected chi connectivity index (χ1v) is 7.94. The van der Waals surface area contributed by atoms with Crippen LogP contribution in [0.1, 0.15) is 63.0 Å². The summed E-state index contributed by atoms with van der Waals surface area (Å²) in [5.74, 6) is 0.512. The molecule has 0 amide bonds. The minimum Gasteiger partial charge on any atom is -0.423 e. The molecular weight excluding hydrogens is 260 g/mol. The number of hydrogen-bond donors (Lipinski definition) is 0. The summed E-state index contributed by atoms with van der Waals surface area (Å²) in [6, 6.07) is 8.71. The van der Waals surface area contributed by atoms with E-state index in [-0.39, 0.29) is 11.0 Å². The second kappa shape index (κ2) is 6.74. The lowest BCUT2D eigenvalue weighted by molar-refractivity contribution is 0.105. The molecule has 102 valence electrons. The zero-order valence-electron chi connectivity index (χ0n) is 12.2. The van der Waals surface area contributed by atoms with Gasteiger partial charge in [-0.3, -0.25) is 0 Å². The molecular formula is C15H25ClOSi. The molecule has 1 rings (SSSR count). The molecule has 1 aromatic rings. The highest BCUT2D eigenvalue weighted by molar-refractivity contribution is 6.20. The monoisotopic (exact) mass is 284 g/mol. The van der Waals surface area contributed by atoms with Gasteiger partial charge < -0.3 is 4.43 Å². The molecule has 1 aromatic carbocycles. The van der Waals surface area contributed by atoms with E-state index in [4.69, 9.17) is 16.0 Å². The Bertz CT molecular complexity index is 361. The van der Waals surface area contributed by atoms with Crippen LogP contribution in [0.15, 0.2) is 24.3 Å². The van der Waals surface area contributed by atoms with Gasteiger partial charge in [-0.05, 0) is 43.7 Å². The molecule has 0 aliphatic carbocycles. The van der Waals surface area contributed by atoms with Gasteiger partial charge in [-0.25, -0.2) is 0 Å². The molecule has 0 saturated heterocycles. The molecule has 2 unspecified atom stereocenters. The van der Waals surface area contributed by atoms with Crippen molar-refractivity contribution >= 4 is 22.1 Å². The summed E-state index contributed by atoms with van der Waals surface area (Å²) in [4.78, 5) is 0. The third-order valence-electron chi connectivity index (χ3n) is 3.58. The van der Waals surface area contributed by atoms with Crippen molar-refractivity contribution in [2.45, 2.75) is 57.4 Å². The van der Waals surface area contributed by atoms with Crippen molar-refractivity contribution in [1.82, 2.24) is 0 Å². The summed E-state index contributed by atoms with van der Waals surface area (Å²) in [5.41, 5.74) is 2.57. The van der Waals surface area contributed by atoms with Crippen LogP contribution >= 0.6 is 11.6 Å². The molecule has 18 heavy (non-hydrogen) atoms. The molecule has 0 aliphatic heterocycles. The summed E-state index contributed by atoms with van der Waals surface area (Å²) in [7, 11) is 0.794. The van der Waals surface area contributed by atoms with E-state index >= 15 is 0 Å². The van der Waals surface area contributed by atoms with Gasteiger partial charge >= 0.3 is 0 Å². The Labute approximate surface area is 119 Å². The minimum absolute atomic E-state index is 0.0112. The standard InChI is InChI=1S/C15H25ClOSi/c1-5-14(16)13-8-6-12(7-9-13)11(2)10-15(3,4)17-18/h6-9,11,14H,5,10H2,1-4,18H3. The maximum Gasteiger partial charge on any atom is 0.146 e. The van der Waals surface area contributed by atoms with Crippen LogP contribution in [0.4, 0.5) is 0 Å². The Morgan fingerprint density at radius 3 is 2.17 bits per heavy atom. The fourth-order valence-electron chi connectivity index (χ4n) is 2.21. The van der Waals surface area contributed by atoms with Crippen molar-refractivity contribution in [3.8, 4) is 0 Å². The van der Waals surface area contributed by atoms with Crippen LogP contribution < -0.4 is 0 Å². The van der Waals surface area contributed by atoms with Crippen LogP contribution in [0, 0.1) is 0 Å². The molecule has 0 saturated carbocycles. The minimum atomic E-state index is -0.0112. The number of rotatable bonds is 6. The van der Waals surface area contributed by atoms with Gasteiger partial charge in [0, 0.05) is 5.60 Å². The normalized spacial score (nSPS) is 15.6. The fourth-order valence-corrected chi connectivity index (χ4v) is 2.52. The average Bonchev–Trinajstić information content (AvgIpc) is 2.37. The predicted octanol–water partition coefficient (Wildman–Crippen LogP) is 3.95. The smallest absolute Gasteiger partial charge is 0.146 e. The van der Waals surface area contributed by atoms with E-state index in [1.807, 2.05) is 0 Å². The number of benzene rings is 1. The van der Waals surface area contributed by atoms with Gasteiger partial charge in [0.15, 0.2) is 0 Å². The molecule has 3 heteroatoms. The van der Waals surface area contributed by atoms with Gasteiger partial charge in [-0.1, -0.05) is 38.1 Å². The third-order valence-corrected chi connectivity index (χ3v) is 5.24. The molecule has 0 spiro atoms. The Kier molecular flexibility index (Phi) is 5.89. The van der Waals surface area contributed by atoms with Crippen molar-refractivity contribution in [2.24, 2.45) is 0 Å². The van der Waals surface area contributed by atoms with Gasteiger partial charge in [0.05, 0.1) is 5.38 Å². The highest BCUT2D eigenvalue weighted by atomic mass is 35.5. The van der Waals surface area contributed by atoms with Crippen molar-refractivity contribution in [1.29, 1.82) is 0 Å². The average molecular weight is 285 g/mol. The Morgan fingerprint density at radius 1 is 1.22 bits per heavy atom. The van der Waals surface area contributed by atoms with Crippen molar-refractivity contribution < 1.29 is 4.43 Å². The predicted molar refractivity (Wildman–Crippen MR) is 83.5 cm³/mol. The van der Waals surface area contributed by atoms with E-state index in [2.05, 4.69) is 52.0 Å². The maximum absolute atomic E-state index is 6.24. The van der Waals surface area contributed by atoms with E-state index in [9.17, 15) is 0 Å². The molecule has 0 fully saturated rings. The van der Waals surface area contributed by atoms with Crippen LogP contribution in [-0.4, -0.2) is 16.1 Å². The lowest BCUT2D eigenvalue weighted by Crippen LogP contribution is -2.25. The number of alkyl halides is 1. The summed E-state index contributed by atoms with van der Waals surface area (Å²) in [6.07, 6.45) is 2.02. The Hall–Kier alpha value is -0.313. The molecule has 0 heterocycles. The molecule has 0 bridgehead atoms. The molecule has 2 atom stereocenters. The lowest BCUT2D eigenvalue weighted by Gasteiger charge is -2.27. The number of halogens is 1. The molecule has 0 aliphatic rings. The quantitative estimate of drug-likeness (QED) is 0.568. The van der Waals surface area contributed by atoms with Crippen LogP contribution in [-0.2, 0) is 4.43 Å². The number of hydrogen-bond acceptors (Lipinski definition) is 1. The van der Waals surface area contributed by atoms with Gasteiger partial charge in [-0.15, -0.1) is 11.6 Å². The van der Waals surface area contributed by atoms with Crippen molar-refractivity contribution in [3.05, 3.63) is 35.4 Å². The Balaban J connectivity index is 2.73. The topological polar surface area (TPSA) is 9.23 Å². The van der Waals surface area contributed by atoms with Crippen LogP contribution in [0.5, 0.6) is 0 Å². The summed E-state index contributed by atoms with van der Waals surface area (Å²) in [5, 5.41) is 0.135. The lowest BCUT2D eigenvalue weighted by atomic mass is 9.89. The van der Waals surface area contributed by atoms with Crippen LogP contribution in [0.2, 0.25) is 0 Å². The fraction of sp³-hybridized carbons (Fsp3) is 0.600. The van der Waals surface area contributed by atoms with E-state index < -0.39 is 0 Å². The summed E-state index contributed by atoms with van der Waals surface area (Å²) < 4.78 is 5.63. The van der Waals surface area contributed by atoms with Crippen molar-refractivity contribution in [2.75, 3.05) is 0 Å². The molecule has 1 nitrogen and oxygen atoms in total. The van der Waals surface area contributed by atoms with Gasteiger partial charge in [0.2, 0.25) is 0 Å². The van der Waals surface area contributed by atoms with Gasteiger partial charge in [-0.2, -0.15) is 0 Å². The maximum atomic E-state index is 6.24. The van der Waals surface area contributed by atoms with E-state index in [0.29, 0.717) is 5.92 Å². The first kappa shape index (κ1) is 15.7. The highest BCUT2D eigenvalue weighted by Gasteiger charge is 2.20. The van der Waals surface area contributed by atoms with Gasteiger partial charge in [0.1, 0.15) is 10.5 Å². The van der Waals surface area contributed by atoms with Crippen molar-refractivity contribution in [3.63, 3.8) is 0 Å². The van der Waals surface area contributed by atoms with Gasteiger partial charge in [0.25, 0.3) is 0 Å². The second-order valence-corrected chi connectivity index (χ2v) is 6.55. The summed E-state index contributed by atoms with van der Waals surface area (Å²) in [6.45, 7) is 8.70. The molecule has 0 radical (unpaired) electrons. The SMILES string of the molecule is CCC(Cl)c1ccc(C(C)CC(C)(C)O[SiH3])cc1. The van der Waals surface area contributed by atoms with E-state index in [1.54, 1.807) is 0 Å². The zero-order valence-corrected chi connectivity index (χ0v) is 14.9. The Morgan fingerprint density at radius 2 is 1.72 bits per heavy atom. The van der Waals surface area contributed by atoms with E-state index in [1.165, 1.54) is 11.1 Å². The van der Waals surface area contributed by atoms with E-state index in [0.717, 1.165) is 23.3 Å². The molecule has 0 aromatic heterocycles. The second-order valence-electron chi connectivity index (χ2n) is 5.61. The highest BCUT2D eigenvalue weighted by Crippen LogP contribution is 2.29. The third kappa shape index (κ3) is 4.41. The van der Waals surface area contributed by atoms with Crippen LogP contribution in [0.3, 0.4) is 0 Å². The first-order valence-electron chi connectivity index (χ1n) is 6.68. The molecule has 0 N–H and O–H groups in total. The zero-order chi connectivity index (χ0) is 13.8.